The van der Waals surface area contributed by atoms with Crippen LogP contribution in [0.5, 0.6) is 0 Å². The van der Waals surface area contributed by atoms with Gasteiger partial charge in [-0.15, -0.1) is 0 Å². The fourth-order valence-corrected chi connectivity index (χ4v) is 5.68. The second-order valence-corrected chi connectivity index (χ2v) is 11.2. The van der Waals surface area contributed by atoms with Gasteiger partial charge in [-0.1, -0.05) is 0 Å². The van der Waals surface area contributed by atoms with Gasteiger partial charge in [0.05, 0.1) is 47.5 Å². The molecule has 2 saturated carbocycles. The number of hydrogen-bond donors (Lipinski definition) is 2. The minimum Gasteiger partial charge on any atom is -0.366 e. The molecule has 220 valence electrons. The summed E-state index contributed by atoms with van der Waals surface area (Å²) in [6.45, 7) is 1.66. The zero-order chi connectivity index (χ0) is 29.5. The SMILES string of the molecule is Cc1nc([C@H](c2cn3ncc([C@H](NC(=O)CCC(F)(F)F)C4CC4)cc3n2)C2CCC(F)(F)CC2)ccc1C(N)=O. The number of halogens is 5. The number of fused-ring (bicyclic) bond motifs is 1. The van der Waals surface area contributed by atoms with Crippen LogP contribution in [0.15, 0.2) is 30.6 Å². The van der Waals surface area contributed by atoms with Gasteiger partial charge in [-0.3, -0.25) is 14.6 Å². The van der Waals surface area contributed by atoms with Crippen LogP contribution in [0.25, 0.3) is 5.65 Å². The van der Waals surface area contributed by atoms with E-state index in [0.717, 1.165) is 12.8 Å². The van der Waals surface area contributed by atoms with Crippen molar-refractivity contribution in [3.05, 3.63) is 58.8 Å². The highest BCUT2D eigenvalue weighted by atomic mass is 19.4. The summed E-state index contributed by atoms with van der Waals surface area (Å²) in [6.07, 6.45) is -1.32. The van der Waals surface area contributed by atoms with Gasteiger partial charge in [-0.2, -0.15) is 18.3 Å². The number of pyridine rings is 1. The first-order valence-electron chi connectivity index (χ1n) is 13.7. The van der Waals surface area contributed by atoms with Gasteiger partial charge in [0, 0.05) is 25.2 Å². The van der Waals surface area contributed by atoms with E-state index in [9.17, 15) is 31.5 Å². The van der Waals surface area contributed by atoms with Gasteiger partial charge in [0.2, 0.25) is 11.8 Å². The van der Waals surface area contributed by atoms with Gasteiger partial charge in [0.15, 0.2) is 5.65 Å². The highest BCUT2D eigenvalue weighted by molar-refractivity contribution is 5.93. The van der Waals surface area contributed by atoms with Gasteiger partial charge < -0.3 is 11.1 Å². The molecule has 0 bridgehead atoms. The molecule has 2 fully saturated rings. The van der Waals surface area contributed by atoms with Gasteiger partial charge in [0.1, 0.15) is 0 Å². The lowest BCUT2D eigenvalue weighted by Gasteiger charge is -2.33. The van der Waals surface area contributed by atoms with E-state index in [1.54, 1.807) is 42.0 Å². The third-order valence-corrected chi connectivity index (χ3v) is 8.01. The third kappa shape index (κ3) is 6.82. The predicted molar refractivity (Wildman–Crippen MR) is 138 cm³/mol. The highest BCUT2D eigenvalue weighted by Gasteiger charge is 2.40. The smallest absolute Gasteiger partial charge is 0.366 e. The molecule has 8 nitrogen and oxygen atoms in total. The summed E-state index contributed by atoms with van der Waals surface area (Å²) in [5.41, 5.74) is 8.38. The Morgan fingerprint density at radius 2 is 1.80 bits per heavy atom. The Morgan fingerprint density at radius 3 is 2.41 bits per heavy atom. The topological polar surface area (TPSA) is 115 Å². The molecule has 0 radical (unpaired) electrons. The van der Waals surface area contributed by atoms with E-state index in [1.807, 2.05) is 0 Å². The lowest BCUT2D eigenvalue weighted by molar-refractivity contribution is -0.144. The van der Waals surface area contributed by atoms with Crippen molar-refractivity contribution in [1.29, 1.82) is 0 Å². The largest absolute Gasteiger partial charge is 0.389 e. The number of alkyl halides is 5. The number of aryl methyl sites for hydroxylation is 1. The Morgan fingerprint density at radius 1 is 1.10 bits per heavy atom. The maximum absolute atomic E-state index is 14.0. The van der Waals surface area contributed by atoms with Crippen LogP contribution in [0.1, 0.15) is 96.3 Å². The van der Waals surface area contributed by atoms with E-state index in [-0.39, 0.29) is 43.1 Å². The molecule has 3 aromatic heterocycles. The number of nitrogens with two attached hydrogens (primary N) is 1. The summed E-state index contributed by atoms with van der Waals surface area (Å²) >= 11 is 0. The molecule has 3 aromatic rings. The lowest BCUT2D eigenvalue weighted by Crippen LogP contribution is -2.30. The predicted octanol–water partition coefficient (Wildman–Crippen LogP) is 5.40. The maximum Gasteiger partial charge on any atom is 0.389 e. The normalized spacial score (nSPS) is 19.2. The summed E-state index contributed by atoms with van der Waals surface area (Å²) in [5.74, 6) is -4.56. The van der Waals surface area contributed by atoms with Crippen molar-refractivity contribution in [1.82, 2.24) is 24.9 Å². The summed E-state index contributed by atoms with van der Waals surface area (Å²) in [6, 6.07) is 4.51. The Labute approximate surface area is 232 Å². The molecule has 0 aliphatic heterocycles. The summed E-state index contributed by atoms with van der Waals surface area (Å²) in [7, 11) is 0. The number of primary amides is 1. The zero-order valence-electron chi connectivity index (χ0n) is 22.4. The third-order valence-electron chi connectivity index (χ3n) is 8.01. The Balaban J connectivity index is 1.45. The van der Waals surface area contributed by atoms with E-state index >= 15 is 0 Å². The number of nitrogens with one attached hydrogen (secondary N) is 1. The van der Waals surface area contributed by atoms with Crippen molar-refractivity contribution in [2.75, 3.05) is 0 Å². The number of hydrogen-bond acceptors (Lipinski definition) is 5. The number of rotatable bonds is 9. The van der Waals surface area contributed by atoms with E-state index in [2.05, 4.69) is 15.4 Å². The van der Waals surface area contributed by atoms with Crippen LogP contribution in [0.4, 0.5) is 22.0 Å². The first-order chi connectivity index (χ1) is 19.3. The van der Waals surface area contributed by atoms with Crippen LogP contribution in [0, 0.1) is 18.8 Å². The number of carbonyl (C=O) groups excluding carboxylic acids is 2. The maximum atomic E-state index is 14.0. The van der Waals surface area contributed by atoms with Gasteiger partial charge in [-0.25, -0.2) is 18.3 Å². The van der Waals surface area contributed by atoms with Crippen LogP contribution < -0.4 is 11.1 Å². The molecule has 2 aliphatic carbocycles. The molecule has 13 heteroatoms. The van der Waals surface area contributed by atoms with Crippen molar-refractivity contribution < 1.29 is 31.5 Å². The molecule has 3 heterocycles. The van der Waals surface area contributed by atoms with Crippen LogP contribution in [-0.2, 0) is 4.79 Å². The summed E-state index contributed by atoms with van der Waals surface area (Å²) in [5, 5.41) is 7.18. The fraction of sp³-hybridized carbons (Fsp3) is 0.536. The second-order valence-electron chi connectivity index (χ2n) is 11.2. The first-order valence-corrected chi connectivity index (χ1v) is 13.7. The van der Waals surface area contributed by atoms with Gasteiger partial charge in [-0.05, 0) is 68.2 Å². The number of amides is 2. The Bertz CT molecular complexity index is 1440. The van der Waals surface area contributed by atoms with Gasteiger partial charge in [0.25, 0.3) is 5.91 Å². The molecule has 2 aliphatic rings. The van der Waals surface area contributed by atoms with E-state index in [4.69, 9.17) is 10.7 Å². The Hall–Kier alpha value is -3.64. The second kappa shape index (κ2) is 11.0. The molecule has 0 aromatic carbocycles. The molecule has 2 amide bonds. The van der Waals surface area contributed by atoms with Crippen LogP contribution >= 0.6 is 0 Å². The van der Waals surface area contributed by atoms with Crippen molar-refractivity contribution >= 4 is 17.5 Å². The molecule has 5 rings (SSSR count). The summed E-state index contributed by atoms with van der Waals surface area (Å²) in [4.78, 5) is 33.4. The van der Waals surface area contributed by atoms with Crippen molar-refractivity contribution in [3.8, 4) is 0 Å². The van der Waals surface area contributed by atoms with Crippen LogP contribution in [0.3, 0.4) is 0 Å². The molecule has 2 atom stereocenters. The Kier molecular flexibility index (Phi) is 7.73. The number of aromatic nitrogens is 4. The molecule has 0 spiro atoms. The molecule has 3 N–H and O–H groups in total. The number of imidazole rings is 1. The van der Waals surface area contributed by atoms with Crippen molar-refractivity contribution in [2.45, 2.75) is 82.3 Å². The average molecular weight is 579 g/mol. The molecular formula is C28H31F5N6O2. The lowest BCUT2D eigenvalue weighted by atomic mass is 9.75. The van der Waals surface area contributed by atoms with Gasteiger partial charge >= 0.3 is 6.18 Å². The van der Waals surface area contributed by atoms with Crippen molar-refractivity contribution in [3.63, 3.8) is 0 Å². The number of carbonyl (C=O) groups is 2. The standard InChI is InChI=1S/C28H31F5N6O2/c1-15-19(26(34)41)4-5-20(36-15)24(16-6-9-27(29,30)10-7-16)21-14-39-22(37-21)12-18(13-35-39)25(17-2-3-17)38-23(40)8-11-28(31,32)33/h4-5,12-14,16-17,24-25H,2-3,6-11H2,1H3,(H2,34,41)(H,38,40)/t24-,25-/m1/s1. The molecule has 0 saturated heterocycles. The molecule has 41 heavy (non-hydrogen) atoms. The summed E-state index contributed by atoms with van der Waals surface area (Å²) < 4.78 is 67.4. The quantitative estimate of drug-likeness (QED) is 0.330. The van der Waals surface area contributed by atoms with E-state index < -0.39 is 48.7 Å². The minimum atomic E-state index is -4.42. The monoisotopic (exact) mass is 578 g/mol. The van der Waals surface area contributed by atoms with Crippen LogP contribution in [0.2, 0.25) is 0 Å². The minimum absolute atomic E-state index is 0.0936. The van der Waals surface area contributed by atoms with Crippen LogP contribution in [-0.4, -0.2) is 43.5 Å². The average Bonchev–Trinajstić information content (AvgIpc) is 3.65. The first kappa shape index (κ1) is 28.9. The van der Waals surface area contributed by atoms with E-state index in [1.165, 1.54) is 0 Å². The molecular weight excluding hydrogens is 547 g/mol. The number of nitrogens with zero attached hydrogens (tertiary/aromatic N) is 4. The fourth-order valence-electron chi connectivity index (χ4n) is 5.68. The van der Waals surface area contributed by atoms with Crippen molar-refractivity contribution in [2.24, 2.45) is 17.6 Å². The zero-order valence-corrected chi connectivity index (χ0v) is 22.4. The molecule has 0 unspecified atom stereocenters. The highest BCUT2D eigenvalue weighted by Crippen LogP contribution is 2.45. The van der Waals surface area contributed by atoms with E-state index in [0.29, 0.717) is 28.3 Å².